The molecule has 184 valence electrons. The van der Waals surface area contributed by atoms with Crippen LogP contribution in [-0.2, 0) is 9.59 Å². The number of amides is 2. The van der Waals surface area contributed by atoms with E-state index in [0.29, 0.717) is 24.7 Å². The highest BCUT2D eigenvalue weighted by atomic mass is 32.2. The number of aryl methyl sites for hydroxylation is 3. The molecular formula is C26H33N5O3S+2. The van der Waals surface area contributed by atoms with Crippen LogP contribution in [0.3, 0.4) is 0 Å². The largest absolute Gasteiger partial charge is 0.360 e. The number of hydrogen-bond donors (Lipinski definition) is 4. The monoisotopic (exact) mass is 495 g/mol. The summed E-state index contributed by atoms with van der Waals surface area (Å²) in [6.07, 6.45) is 0. The Kier molecular flexibility index (Phi) is 8.22. The topological polar surface area (TPSA) is 93.1 Å². The van der Waals surface area contributed by atoms with E-state index in [1.165, 1.54) is 25.8 Å². The first-order valence-corrected chi connectivity index (χ1v) is 12.7. The summed E-state index contributed by atoms with van der Waals surface area (Å²) in [7, 11) is 0. The van der Waals surface area contributed by atoms with Gasteiger partial charge in [0.15, 0.2) is 18.9 Å². The predicted molar refractivity (Wildman–Crippen MR) is 136 cm³/mol. The van der Waals surface area contributed by atoms with Crippen LogP contribution in [0.25, 0.3) is 0 Å². The second kappa shape index (κ2) is 11.5. The zero-order valence-electron chi connectivity index (χ0n) is 20.4. The molecule has 4 rings (SSSR count). The number of carbonyl (C=O) groups is 2. The second-order valence-corrected chi connectivity index (χ2v) is 10.3. The van der Waals surface area contributed by atoms with Crippen molar-refractivity contribution < 1.29 is 23.9 Å². The maximum absolute atomic E-state index is 12.6. The van der Waals surface area contributed by atoms with Crippen LogP contribution < -0.4 is 20.4 Å². The van der Waals surface area contributed by atoms with Gasteiger partial charge in [-0.1, -0.05) is 29.1 Å². The highest BCUT2D eigenvalue weighted by Gasteiger charge is 2.26. The molecule has 0 atom stereocenters. The first-order valence-electron chi connectivity index (χ1n) is 11.9. The van der Waals surface area contributed by atoms with Crippen molar-refractivity contribution in [2.75, 3.05) is 49.9 Å². The van der Waals surface area contributed by atoms with Crippen LogP contribution in [0.1, 0.15) is 16.9 Å². The van der Waals surface area contributed by atoms with Crippen molar-refractivity contribution in [3.8, 4) is 0 Å². The van der Waals surface area contributed by atoms with E-state index in [4.69, 9.17) is 4.52 Å². The van der Waals surface area contributed by atoms with Crippen molar-refractivity contribution in [3.05, 3.63) is 65.4 Å². The SMILES string of the molecule is Cc1ccc(C)c(Sc2ccc(NC(=O)C[NH+]3CC[NH+](CC(=O)Nc4cc(C)on4)CC3)cc2)c1. The van der Waals surface area contributed by atoms with E-state index in [2.05, 4.69) is 47.8 Å². The maximum Gasteiger partial charge on any atom is 0.280 e. The third-order valence-corrected chi connectivity index (χ3v) is 7.26. The van der Waals surface area contributed by atoms with Gasteiger partial charge in [0.05, 0.1) is 0 Å². The number of benzene rings is 2. The number of quaternary nitrogens is 2. The van der Waals surface area contributed by atoms with Crippen LogP contribution in [0.15, 0.2) is 62.8 Å². The molecule has 9 heteroatoms. The van der Waals surface area contributed by atoms with Gasteiger partial charge in [0.2, 0.25) is 0 Å². The standard InChI is InChI=1S/C26H31N5O3S/c1-18-4-5-19(2)23(14-18)35-22-8-6-21(7-9-22)27-25(32)16-30-10-12-31(13-11-30)17-26(33)28-24-15-20(3)34-29-24/h4-9,14-15H,10-13,16-17H2,1-3H3,(H,27,32)(H,28,29,33)/p+2. The Morgan fingerprint density at radius 2 is 1.51 bits per heavy atom. The second-order valence-electron chi connectivity index (χ2n) is 9.17. The molecule has 0 spiro atoms. The molecule has 1 aliphatic heterocycles. The van der Waals surface area contributed by atoms with Gasteiger partial charge in [0.25, 0.3) is 11.8 Å². The van der Waals surface area contributed by atoms with Gasteiger partial charge in [-0.05, 0) is 62.2 Å². The molecule has 2 heterocycles. The molecule has 1 aliphatic rings. The summed E-state index contributed by atoms with van der Waals surface area (Å²) >= 11 is 1.73. The first-order chi connectivity index (χ1) is 16.8. The van der Waals surface area contributed by atoms with Gasteiger partial charge in [-0.2, -0.15) is 0 Å². The van der Waals surface area contributed by atoms with Gasteiger partial charge in [-0.3, -0.25) is 9.59 Å². The number of carbonyl (C=O) groups excluding carboxylic acids is 2. The molecule has 0 unspecified atom stereocenters. The lowest BCUT2D eigenvalue weighted by molar-refractivity contribution is -1.00. The Morgan fingerprint density at radius 3 is 2.11 bits per heavy atom. The fraction of sp³-hybridized carbons (Fsp3) is 0.346. The highest BCUT2D eigenvalue weighted by Crippen LogP contribution is 2.31. The highest BCUT2D eigenvalue weighted by molar-refractivity contribution is 7.99. The molecule has 1 aromatic heterocycles. The van der Waals surface area contributed by atoms with Gasteiger partial charge in [-0.15, -0.1) is 0 Å². The third kappa shape index (κ3) is 7.42. The summed E-state index contributed by atoms with van der Waals surface area (Å²) in [5, 5.41) is 9.58. The number of rotatable bonds is 8. The van der Waals surface area contributed by atoms with E-state index in [9.17, 15) is 9.59 Å². The molecule has 3 aromatic rings. The third-order valence-electron chi connectivity index (χ3n) is 6.09. The normalized spacial score (nSPS) is 17.7. The first kappa shape index (κ1) is 25.0. The molecule has 8 nitrogen and oxygen atoms in total. The summed E-state index contributed by atoms with van der Waals surface area (Å²) in [5.41, 5.74) is 3.31. The number of hydrogen-bond acceptors (Lipinski definition) is 5. The van der Waals surface area contributed by atoms with Crippen molar-refractivity contribution in [3.63, 3.8) is 0 Å². The van der Waals surface area contributed by atoms with Crippen LogP contribution in [-0.4, -0.2) is 56.2 Å². The minimum atomic E-state index is -0.0753. The van der Waals surface area contributed by atoms with E-state index in [1.54, 1.807) is 24.8 Å². The molecule has 0 aliphatic carbocycles. The number of nitrogens with zero attached hydrogens (tertiary/aromatic N) is 1. The summed E-state index contributed by atoms with van der Waals surface area (Å²) in [5.74, 6) is 1.05. The van der Waals surface area contributed by atoms with Gasteiger partial charge >= 0.3 is 0 Å². The average molecular weight is 496 g/mol. The Balaban J connectivity index is 1.18. The molecule has 35 heavy (non-hydrogen) atoms. The Bertz CT molecular complexity index is 1170. The Hall–Kier alpha value is -3.14. The summed E-state index contributed by atoms with van der Waals surface area (Å²) in [6.45, 7) is 10.2. The summed E-state index contributed by atoms with van der Waals surface area (Å²) < 4.78 is 4.97. The van der Waals surface area contributed by atoms with Gasteiger partial charge < -0.3 is 25.0 Å². The maximum atomic E-state index is 12.6. The predicted octanol–water partition coefficient (Wildman–Crippen LogP) is 1.11. The fourth-order valence-corrected chi connectivity index (χ4v) is 5.13. The van der Waals surface area contributed by atoms with Crippen molar-refractivity contribution in [1.82, 2.24) is 5.16 Å². The lowest BCUT2D eigenvalue weighted by Crippen LogP contribution is -3.28. The van der Waals surface area contributed by atoms with Gasteiger partial charge in [0.1, 0.15) is 31.9 Å². The van der Waals surface area contributed by atoms with E-state index in [1.807, 2.05) is 24.3 Å². The minimum Gasteiger partial charge on any atom is -0.360 e. The van der Waals surface area contributed by atoms with Crippen LogP contribution >= 0.6 is 11.8 Å². The Morgan fingerprint density at radius 1 is 0.886 bits per heavy atom. The molecule has 4 N–H and O–H groups in total. The van der Waals surface area contributed by atoms with E-state index in [0.717, 1.165) is 36.8 Å². The molecule has 2 amide bonds. The van der Waals surface area contributed by atoms with Gasteiger partial charge in [0, 0.05) is 21.5 Å². The number of nitrogens with one attached hydrogen (secondary N) is 4. The smallest absolute Gasteiger partial charge is 0.280 e. The van der Waals surface area contributed by atoms with E-state index < -0.39 is 0 Å². The van der Waals surface area contributed by atoms with Crippen molar-refractivity contribution in [1.29, 1.82) is 0 Å². The minimum absolute atomic E-state index is 0.0116. The molecule has 1 saturated heterocycles. The van der Waals surface area contributed by atoms with Crippen LogP contribution in [0.5, 0.6) is 0 Å². The fourth-order valence-electron chi connectivity index (χ4n) is 4.13. The van der Waals surface area contributed by atoms with Crippen LogP contribution in [0, 0.1) is 20.8 Å². The molecule has 2 aromatic carbocycles. The van der Waals surface area contributed by atoms with E-state index in [-0.39, 0.29) is 11.8 Å². The quantitative estimate of drug-likeness (QED) is 0.376. The van der Waals surface area contributed by atoms with Crippen molar-refractivity contribution in [2.45, 2.75) is 30.6 Å². The molecule has 0 saturated carbocycles. The zero-order chi connectivity index (χ0) is 24.8. The molecule has 0 bridgehead atoms. The molecular weight excluding hydrogens is 462 g/mol. The molecule has 0 radical (unpaired) electrons. The lowest BCUT2D eigenvalue weighted by Gasteiger charge is -2.28. The van der Waals surface area contributed by atoms with Crippen LogP contribution in [0.4, 0.5) is 11.5 Å². The van der Waals surface area contributed by atoms with Crippen molar-refractivity contribution >= 4 is 35.1 Å². The number of piperazine rings is 1. The van der Waals surface area contributed by atoms with E-state index >= 15 is 0 Å². The average Bonchev–Trinajstić information content (AvgIpc) is 3.23. The van der Waals surface area contributed by atoms with Crippen molar-refractivity contribution in [2.24, 2.45) is 0 Å². The van der Waals surface area contributed by atoms with Gasteiger partial charge in [-0.25, -0.2) is 0 Å². The Labute approximate surface area is 210 Å². The lowest BCUT2D eigenvalue weighted by atomic mass is 10.2. The summed E-state index contributed by atoms with van der Waals surface area (Å²) in [6, 6.07) is 16.2. The molecule has 1 fully saturated rings. The number of anilines is 2. The summed E-state index contributed by atoms with van der Waals surface area (Å²) in [4.78, 5) is 29.6. The van der Waals surface area contributed by atoms with Crippen LogP contribution in [0.2, 0.25) is 0 Å². The number of aromatic nitrogens is 1. The zero-order valence-corrected chi connectivity index (χ0v) is 21.3.